The standard InChI is InChI=1S/C31H35F2N5OS.3C2H6/c1-6-8-31(5)9-10-38(16-31)18(4)36-12-20-21-14-39-15-22(21)25(27(33)24(20)17(3)7-2)28-26-19(11-34)30(35)40-29(26)23(32)13-37-28;3*1-2/h12-13H,6-10,14-16,35H2,1-5H3;3*1-2H3/b20-12-,24-17?,36-18?;;;/t31-;;;/m1.../s1. The van der Waals surface area contributed by atoms with E-state index < -0.39 is 11.6 Å². The zero-order valence-corrected chi connectivity index (χ0v) is 30.6. The number of nitrogens with zero attached hydrogens (tertiary/aromatic N) is 4. The van der Waals surface area contributed by atoms with Gasteiger partial charge in [0.2, 0.25) is 0 Å². The number of nitrogen functional groups attached to an aromatic ring is 1. The van der Waals surface area contributed by atoms with Crippen LogP contribution in [-0.2, 0) is 18.0 Å². The summed E-state index contributed by atoms with van der Waals surface area (Å²) in [5.74, 6) is -0.145. The summed E-state index contributed by atoms with van der Waals surface area (Å²) < 4.78 is 37.6. The van der Waals surface area contributed by atoms with E-state index >= 15 is 4.39 Å². The lowest BCUT2D eigenvalue weighted by Gasteiger charge is -2.24. The van der Waals surface area contributed by atoms with Crippen LogP contribution in [-0.4, -0.2) is 28.8 Å². The van der Waals surface area contributed by atoms with Gasteiger partial charge in [-0.15, -0.1) is 11.3 Å². The van der Waals surface area contributed by atoms with Crippen LogP contribution in [0, 0.1) is 28.4 Å². The lowest BCUT2D eigenvalue weighted by molar-refractivity contribution is 0.134. The maximum atomic E-state index is 16.8. The van der Waals surface area contributed by atoms with E-state index in [9.17, 15) is 9.65 Å². The number of aromatic nitrogens is 1. The Labute approximate surface area is 278 Å². The molecule has 3 aromatic rings. The number of rotatable bonds is 5. The summed E-state index contributed by atoms with van der Waals surface area (Å²) in [5, 5.41) is 11.4. The molecule has 0 amide bonds. The molecule has 4 heterocycles. The van der Waals surface area contributed by atoms with Crippen molar-refractivity contribution < 1.29 is 13.5 Å². The van der Waals surface area contributed by atoms with E-state index in [1.807, 2.05) is 62.3 Å². The quantitative estimate of drug-likeness (QED) is 0.219. The van der Waals surface area contributed by atoms with Crippen molar-refractivity contribution in [2.24, 2.45) is 10.4 Å². The number of likely N-dealkylation sites (tertiary alicyclic amines) is 1. The number of halogens is 2. The predicted molar refractivity (Wildman–Crippen MR) is 192 cm³/mol. The van der Waals surface area contributed by atoms with Gasteiger partial charge in [0.05, 0.1) is 35.4 Å². The largest absolute Gasteiger partial charge is 0.389 e. The molecule has 0 aliphatic carbocycles. The van der Waals surface area contributed by atoms with Gasteiger partial charge < -0.3 is 15.4 Å². The van der Waals surface area contributed by atoms with E-state index in [0.717, 1.165) is 60.4 Å². The first kappa shape index (κ1) is 38.8. The van der Waals surface area contributed by atoms with Crippen LogP contribution >= 0.6 is 11.3 Å². The molecule has 2 aliphatic heterocycles. The molecule has 252 valence electrons. The topological polar surface area (TPSA) is 87.5 Å². The molecule has 1 aromatic carbocycles. The summed E-state index contributed by atoms with van der Waals surface area (Å²) in [7, 11) is 0. The van der Waals surface area contributed by atoms with E-state index in [1.165, 1.54) is 6.42 Å². The highest BCUT2D eigenvalue weighted by Gasteiger charge is 2.33. The summed E-state index contributed by atoms with van der Waals surface area (Å²) in [5.41, 5.74) is 9.26. The van der Waals surface area contributed by atoms with Gasteiger partial charge in [-0.1, -0.05) is 74.3 Å². The molecule has 46 heavy (non-hydrogen) atoms. The maximum absolute atomic E-state index is 16.8. The van der Waals surface area contributed by atoms with Gasteiger partial charge in [-0.2, -0.15) is 5.26 Å². The highest BCUT2D eigenvalue weighted by Crippen LogP contribution is 2.42. The van der Waals surface area contributed by atoms with Crippen molar-refractivity contribution in [1.82, 2.24) is 9.88 Å². The fraction of sp³-hybridized carbons (Fsp3) is 0.541. The van der Waals surface area contributed by atoms with Crippen LogP contribution in [0.4, 0.5) is 13.8 Å². The molecule has 9 heteroatoms. The molecule has 5 rings (SSSR count). The van der Waals surface area contributed by atoms with Gasteiger partial charge in [0.25, 0.3) is 0 Å². The SMILES string of the molecule is CC.CC.CC.CCC[C@]1(C)CCN(C(C)=N/C=c2/c3c(c(-c4ncc(F)c5sc(N)c(C#N)c45)c(F)c2=C(C)CC)COC3)C1. The number of pyridine rings is 1. The first-order valence-electron chi connectivity index (χ1n) is 16.8. The van der Waals surface area contributed by atoms with Crippen LogP contribution < -0.4 is 16.2 Å². The third-order valence-corrected chi connectivity index (χ3v) is 9.47. The van der Waals surface area contributed by atoms with E-state index in [0.29, 0.717) is 29.0 Å². The summed E-state index contributed by atoms with van der Waals surface area (Å²) >= 11 is 0.975. The molecule has 1 fully saturated rings. The number of ether oxygens (including phenoxy) is 1. The van der Waals surface area contributed by atoms with Gasteiger partial charge in [0.15, 0.2) is 5.82 Å². The van der Waals surface area contributed by atoms with Crippen molar-refractivity contribution in [3.63, 3.8) is 0 Å². The van der Waals surface area contributed by atoms with Crippen molar-refractivity contribution in [3.05, 3.63) is 45.0 Å². The summed E-state index contributed by atoms with van der Waals surface area (Å²) in [6, 6.07) is 2.07. The predicted octanol–water partition coefficient (Wildman–Crippen LogP) is 9.05. The van der Waals surface area contributed by atoms with Crippen LogP contribution in [0.1, 0.15) is 119 Å². The third kappa shape index (κ3) is 7.61. The van der Waals surface area contributed by atoms with Gasteiger partial charge in [-0.05, 0) is 49.7 Å². The Morgan fingerprint density at radius 2 is 1.80 bits per heavy atom. The van der Waals surface area contributed by atoms with Crippen LogP contribution in [0.15, 0.2) is 11.2 Å². The van der Waals surface area contributed by atoms with Gasteiger partial charge in [0, 0.05) is 40.7 Å². The summed E-state index contributed by atoms with van der Waals surface area (Å²) in [6.07, 6.45) is 6.94. The van der Waals surface area contributed by atoms with Crippen LogP contribution in [0.25, 0.3) is 33.1 Å². The average molecular weight is 654 g/mol. The number of anilines is 1. The lowest BCUT2D eigenvalue weighted by Crippen LogP contribution is -2.35. The molecule has 0 unspecified atom stereocenters. The minimum absolute atomic E-state index is 0.114. The molecule has 2 N–H and O–H groups in total. The molecule has 2 aromatic heterocycles. The van der Waals surface area contributed by atoms with E-state index in [-0.39, 0.29) is 43.9 Å². The van der Waals surface area contributed by atoms with Crippen molar-refractivity contribution in [2.45, 2.75) is 115 Å². The Bertz CT molecular complexity index is 1710. The molecule has 2 aliphatic rings. The number of hydrogen-bond donors (Lipinski definition) is 1. The highest BCUT2D eigenvalue weighted by atomic mass is 32.1. The number of benzene rings is 1. The van der Waals surface area contributed by atoms with Gasteiger partial charge >= 0.3 is 0 Å². The van der Waals surface area contributed by atoms with Crippen LogP contribution in [0.2, 0.25) is 0 Å². The number of amidine groups is 1. The summed E-state index contributed by atoms with van der Waals surface area (Å²) in [4.78, 5) is 11.5. The molecule has 0 bridgehead atoms. The second-order valence-corrected chi connectivity index (χ2v) is 12.3. The number of aliphatic imine (C=N–C) groups is 1. The molecule has 0 radical (unpaired) electrons. The first-order chi connectivity index (χ1) is 22.1. The Morgan fingerprint density at radius 1 is 1.15 bits per heavy atom. The molecule has 1 saturated heterocycles. The third-order valence-electron chi connectivity index (χ3n) is 8.44. The van der Waals surface area contributed by atoms with Crippen LogP contribution in [0.5, 0.6) is 0 Å². The normalized spacial score (nSPS) is 18.1. The average Bonchev–Trinajstić information content (AvgIpc) is 3.80. The molecule has 0 spiro atoms. The minimum Gasteiger partial charge on any atom is -0.389 e. The Kier molecular flexibility index (Phi) is 14.8. The van der Waals surface area contributed by atoms with Crippen LogP contribution in [0.3, 0.4) is 0 Å². The molecule has 0 saturated carbocycles. The smallest absolute Gasteiger partial charge is 0.159 e. The number of nitrogens with two attached hydrogens (primary N) is 1. The number of fused-ring (bicyclic) bond motifs is 2. The zero-order chi connectivity index (χ0) is 34.8. The maximum Gasteiger partial charge on any atom is 0.159 e. The monoisotopic (exact) mass is 653 g/mol. The summed E-state index contributed by atoms with van der Waals surface area (Å²) in [6.45, 7) is 24.9. The van der Waals surface area contributed by atoms with Gasteiger partial charge in [-0.25, -0.2) is 13.8 Å². The number of thiophene rings is 1. The molecule has 1 atom stereocenters. The highest BCUT2D eigenvalue weighted by molar-refractivity contribution is 7.23. The van der Waals surface area contributed by atoms with Crippen molar-refractivity contribution in [1.29, 1.82) is 5.26 Å². The van der Waals surface area contributed by atoms with E-state index in [1.54, 1.807) is 6.20 Å². The van der Waals surface area contributed by atoms with Crippen molar-refractivity contribution >= 4 is 44.0 Å². The molecular formula is C37H53F2N5OS. The van der Waals surface area contributed by atoms with Crippen molar-refractivity contribution in [2.75, 3.05) is 18.8 Å². The lowest BCUT2D eigenvalue weighted by atomic mass is 9.85. The zero-order valence-electron chi connectivity index (χ0n) is 29.8. The Hall–Kier alpha value is -3.35. The van der Waals surface area contributed by atoms with Gasteiger partial charge in [0.1, 0.15) is 22.7 Å². The van der Waals surface area contributed by atoms with E-state index in [4.69, 9.17) is 15.5 Å². The number of hydrogen-bond acceptors (Lipinski definition) is 6. The fourth-order valence-electron chi connectivity index (χ4n) is 6.14. The second-order valence-electron chi connectivity index (χ2n) is 11.2. The number of nitriles is 1. The minimum atomic E-state index is -0.589. The fourth-order valence-corrected chi connectivity index (χ4v) is 7.06. The Morgan fingerprint density at radius 3 is 2.41 bits per heavy atom. The first-order valence-corrected chi connectivity index (χ1v) is 17.6. The van der Waals surface area contributed by atoms with Gasteiger partial charge in [-0.3, -0.25) is 4.98 Å². The Balaban J connectivity index is 0.00000116. The molecular weight excluding hydrogens is 601 g/mol. The second kappa shape index (κ2) is 17.5. The van der Waals surface area contributed by atoms with E-state index in [2.05, 4.69) is 29.8 Å². The molecule has 6 nitrogen and oxygen atoms in total. The van der Waals surface area contributed by atoms with Crippen molar-refractivity contribution in [3.8, 4) is 17.3 Å².